The van der Waals surface area contributed by atoms with Gasteiger partial charge in [-0.05, 0) is 51.0 Å². The normalized spacial score (nSPS) is 17.1. The average Bonchev–Trinajstić information content (AvgIpc) is 2.77. The number of benzene rings is 2. The van der Waals surface area contributed by atoms with Crippen LogP contribution in [0.1, 0.15) is 26.3 Å². The molecule has 0 fully saturated rings. The summed E-state index contributed by atoms with van der Waals surface area (Å²) in [6, 6.07) is 14.9. The van der Waals surface area contributed by atoms with E-state index in [-0.39, 0.29) is 6.10 Å². The van der Waals surface area contributed by atoms with Gasteiger partial charge in [0.05, 0.1) is 17.5 Å². The summed E-state index contributed by atoms with van der Waals surface area (Å²) in [5.41, 5.74) is 10.7. The van der Waals surface area contributed by atoms with E-state index in [9.17, 15) is 0 Å². The molecule has 21 heavy (non-hydrogen) atoms. The molecule has 1 aliphatic heterocycles. The molecule has 0 spiro atoms. The van der Waals surface area contributed by atoms with Crippen LogP contribution in [0.5, 0.6) is 5.75 Å². The Bertz CT molecular complexity index is 651. The fraction of sp³-hybridized carbons (Fsp3) is 0.333. The second kappa shape index (κ2) is 5.32. The molecule has 0 bridgehead atoms. The average molecular weight is 282 g/mol. The number of rotatable bonds is 3. The molecule has 1 aliphatic rings. The lowest BCUT2D eigenvalue weighted by Crippen LogP contribution is -2.25. The van der Waals surface area contributed by atoms with Crippen molar-refractivity contribution in [2.45, 2.75) is 39.3 Å². The van der Waals surface area contributed by atoms with E-state index in [4.69, 9.17) is 10.5 Å². The topological polar surface area (TPSA) is 38.5 Å². The Kier molecular flexibility index (Phi) is 3.50. The standard InChI is InChI=1S/C18H22N2O/c1-12(2)21-17-10-6-9-16(18(17)19)20-13(3)11-14-7-4-5-8-15(14)20/h4-10,12-13H,11,19H2,1-3H3. The van der Waals surface area contributed by atoms with Crippen molar-refractivity contribution < 1.29 is 4.74 Å². The first-order valence-corrected chi connectivity index (χ1v) is 7.50. The molecular formula is C18H22N2O. The Morgan fingerprint density at radius 3 is 2.57 bits per heavy atom. The number of nitrogens with two attached hydrogens (primary N) is 1. The van der Waals surface area contributed by atoms with Crippen LogP contribution in [-0.2, 0) is 6.42 Å². The summed E-state index contributed by atoms with van der Waals surface area (Å²) in [5, 5.41) is 0. The van der Waals surface area contributed by atoms with E-state index < -0.39 is 0 Å². The molecule has 2 N–H and O–H groups in total. The van der Waals surface area contributed by atoms with Gasteiger partial charge in [0, 0.05) is 11.7 Å². The van der Waals surface area contributed by atoms with Gasteiger partial charge in [0.25, 0.3) is 0 Å². The van der Waals surface area contributed by atoms with Crippen LogP contribution >= 0.6 is 0 Å². The second-order valence-corrected chi connectivity index (χ2v) is 5.91. The van der Waals surface area contributed by atoms with Crippen molar-refractivity contribution in [2.24, 2.45) is 0 Å². The van der Waals surface area contributed by atoms with Gasteiger partial charge in [-0.25, -0.2) is 0 Å². The van der Waals surface area contributed by atoms with Gasteiger partial charge in [-0.1, -0.05) is 24.3 Å². The monoisotopic (exact) mass is 282 g/mol. The van der Waals surface area contributed by atoms with Gasteiger partial charge in [-0.3, -0.25) is 0 Å². The molecule has 0 saturated heterocycles. The van der Waals surface area contributed by atoms with Crippen LogP contribution in [0, 0.1) is 0 Å². The van der Waals surface area contributed by atoms with Crippen LogP contribution in [0.3, 0.4) is 0 Å². The third kappa shape index (κ3) is 2.44. The van der Waals surface area contributed by atoms with Gasteiger partial charge in [-0.15, -0.1) is 0 Å². The summed E-state index contributed by atoms with van der Waals surface area (Å²) in [5.74, 6) is 0.763. The molecule has 3 nitrogen and oxygen atoms in total. The maximum absolute atomic E-state index is 6.36. The highest BCUT2D eigenvalue weighted by Gasteiger charge is 2.28. The van der Waals surface area contributed by atoms with Crippen LogP contribution < -0.4 is 15.4 Å². The van der Waals surface area contributed by atoms with E-state index in [1.165, 1.54) is 11.3 Å². The minimum atomic E-state index is 0.117. The van der Waals surface area contributed by atoms with E-state index in [1.807, 2.05) is 26.0 Å². The predicted molar refractivity (Wildman–Crippen MR) is 88.4 cm³/mol. The first-order chi connectivity index (χ1) is 10.1. The summed E-state index contributed by atoms with van der Waals surface area (Å²) >= 11 is 0. The van der Waals surface area contributed by atoms with E-state index in [2.05, 4.69) is 42.2 Å². The molecule has 1 unspecified atom stereocenters. The van der Waals surface area contributed by atoms with Crippen LogP contribution in [0.15, 0.2) is 42.5 Å². The lowest BCUT2D eigenvalue weighted by atomic mass is 10.1. The molecule has 0 amide bonds. The maximum atomic E-state index is 6.36. The number of nitrogen functional groups attached to an aromatic ring is 1. The number of fused-ring (bicyclic) bond motifs is 1. The zero-order valence-electron chi connectivity index (χ0n) is 12.8. The van der Waals surface area contributed by atoms with Crippen LogP contribution in [0.25, 0.3) is 0 Å². The number of hydrogen-bond donors (Lipinski definition) is 1. The van der Waals surface area contributed by atoms with Gasteiger partial charge >= 0.3 is 0 Å². The first kappa shape index (κ1) is 13.8. The van der Waals surface area contributed by atoms with Gasteiger partial charge < -0.3 is 15.4 Å². The number of hydrogen-bond acceptors (Lipinski definition) is 3. The summed E-state index contributed by atoms with van der Waals surface area (Å²) in [6.45, 7) is 6.26. The molecule has 1 heterocycles. The molecule has 0 aliphatic carbocycles. The Balaban J connectivity index is 2.05. The number of ether oxygens (including phenoxy) is 1. The van der Waals surface area contributed by atoms with Gasteiger partial charge in [-0.2, -0.15) is 0 Å². The van der Waals surface area contributed by atoms with Crippen molar-refractivity contribution in [3.8, 4) is 5.75 Å². The summed E-state index contributed by atoms with van der Waals surface area (Å²) in [7, 11) is 0. The molecule has 0 radical (unpaired) electrons. The van der Waals surface area contributed by atoms with Crippen LogP contribution in [0.2, 0.25) is 0 Å². The van der Waals surface area contributed by atoms with Crippen molar-refractivity contribution >= 4 is 17.1 Å². The van der Waals surface area contributed by atoms with Crippen molar-refractivity contribution in [1.82, 2.24) is 0 Å². The van der Waals surface area contributed by atoms with Crippen molar-refractivity contribution in [1.29, 1.82) is 0 Å². The van der Waals surface area contributed by atoms with E-state index in [0.29, 0.717) is 6.04 Å². The Labute approximate surface area is 126 Å². The fourth-order valence-corrected chi connectivity index (χ4v) is 3.03. The Hall–Kier alpha value is -2.16. The Morgan fingerprint density at radius 1 is 1.10 bits per heavy atom. The van der Waals surface area contributed by atoms with Crippen molar-refractivity contribution in [2.75, 3.05) is 10.6 Å². The van der Waals surface area contributed by atoms with E-state index in [1.54, 1.807) is 0 Å². The Morgan fingerprint density at radius 2 is 1.81 bits per heavy atom. The minimum Gasteiger partial charge on any atom is -0.489 e. The van der Waals surface area contributed by atoms with E-state index in [0.717, 1.165) is 23.5 Å². The largest absolute Gasteiger partial charge is 0.489 e. The highest BCUT2D eigenvalue weighted by molar-refractivity contribution is 5.82. The lowest BCUT2D eigenvalue weighted by Gasteiger charge is -2.27. The molecule has 2 aromatic carbocycles. The number of para-hydroxylation sites is 2. The van der Waals surface area contributed by atoms with E-state index >= 15 is 0 Å². The molecule has 1 atom stereocenters. The van der Waals surface area contributed by atoms with Crippen LogP contribution in [-0.4, -0.2) is 12.1 Å². The highest BCUT2D eigenvalue weighted by Crippen LogP contribution is 2.43. The smallest absolute Gasteiger partial charge is 0.144 e. The number of anilines is 3. The first-order valence-electron chi connectivity index (χ1n) is 7.50. The molecule has 0 aromatic heterocycles. The van der Waals surface area contributed by atoms with Gasteiger partial charge in [0.2, 0.25) is 0 Å². The lowest BCUT2D eigenvalue weighted by molar-refractivity contribution is 0.244. The van der Waals surface area contributed by atoms with Gasteiger partial charge in [0.1, 0.15) is 5.75 Å². The second-order valence-electron chi connectivity index (χ2n) is 5.91. The van der Waals surface area contributed by atoms with Crippen LogP contribution in [0.4, 0.5) is 17.1 Å². The predicted octanol–water partition coefficient (Wildman–Crippen LogP) is 4.14. The molecule has 0 saturated carbocycles. The molecule has 3 rings (SSSR count). The third-order valence-corrected chi connectivity index (χ3v) is 3.87. The minimum absolute atomic E-state index is 0.117. The highest BCUT2D eigenvalue weighted by atomic mass is 16.5. The zero-order chi connectivity index (χ0) is 15.0. The van der Waals surface area contributed by atoms with Crippen molar-refractivity contribution in [3.63, 3.8) is 0 Å². The molecule has 110 valence electrons. The molecular weight excluding hydrogens is 260 g/mol. The third-order valence-electron chi connectivity index (χ3n) is 3.87. The number of nitrogens with zero attached hydrogens (tertiary/aromatic N) is 1. The summed E-state index contributed by atoms with van der Waals surface area (Å²) in [6.07, 6.45) is 1.16. The quantitative estimate of drug-likeness (QED) is 0.860. The van der Waals surface area contributed by atoms with Crippen molar-refractivity contribution in [3.05, 3.63) is 48.0 Å². The fourth-order valence-electron chi connectivity index (χ4n) is 3.03. The summed E-state index contributed by atoms with van der Waals surface area (Å²) in [4.78, 5) is 2.32. The summed E-state index contributed by atoms with van der Waals surface area (Å²) < 4.78 is 5.82. The molecule has 2 aromatic rings. The molecule has 3 heteroatoms. The SMILES string of the molecule is CC(C)Oc1cccc(N2c3ccccc3CC2C)c1N. The van der Waals surface area contributed by atoms with Gasteiger partial charge in [0.15, 0.2) is 0 Å². The maximum Gasteiger partial charge on any atom is 0.144 e. The zero-order valence-corrected chi connectivity index (χ0v) is 12.8.